The molecule has 0 spiro atoms. The van der Waals surface area contributed by atoms with Gasteiger partial charge in [-0.1, -0.05) is 59.7 Å². The summed E-state index contributed by atoms with van der Waals surface area (Å²) in [5, 5.41) is 3.50. The summed E-state index contributed by atoms with van der Waals surface area (Å²) < 4.78 is 0. The molecule has 3 heteroatoms. The third-order valence-corrected chi connectivity index (χ3v) is 4.82. The van der Waals surface area contributed by atoms with E-state index >= 15 is 0 Å². The molecule has 25 heavy (non-hydrogen) atoms. The highest BCUT2D eigenvalue weighted by Crippen LogP contribution is 2.33. The van der Waals surface area contributed by atoms with Crippen LogP contribution in [-0.4, -0.2) is 16.0 Å². The molecule has 0 bridgehead atoms. The fourth-order valence-electron chi connectivity index (χ4n) is 3.24. The molecule has 0 saturated heterocycles. The molecule has 1 unspecified atom stereocenters. The van der Waals surface area contributed by atoms with Gasteiger partial charge in [0.25, 0.3) is 0 Å². The van der Waals surface area contributed by atoms with Crippen LogP contribution in [0.25, 0.3) is 22.5 Å². The number of aromatic nitrogens is 2. The number of hydrogen-bond donors (Lipinski definition) is 1. The van der Waals surface area contributed by atoms with Gasteiger partial charge in [0, 0.05) is 17.2 Å². The van der Waals surface area contributed by atoms with Crippen molar-refractivity contribution in [3.63, 3.8) is 0 Å². The van der Waals surface area contributed by atoms with E-state index in [1.165, 1.54) is 11.1 Å². The zero-order valence-electron chi connectivity index (χ0n) is 15.0. The van der Waals surface area contributed by atoms with E-state index in [9.17, 15) is 0 Å². The van der Waals surface area contributed by atoms with E-state index in [2.05, 4.69) is 74.6 Å². The molecule has 0 saturated carbocycles. The number of fused-ring (bicyclic) bond motifs is 1. The number of hydrogen-bond acceptors (Lipinski definition) is 3. The summed E-state index contributed by atoms with van der Waals surface area (Å²) in [7, 11) is 0. The van der Waals surface area contributed by atoms with Crippen LogP contribution in [-0.2, 0) is 6.42 Å². The number of nitrogens with zero attached hydrogens (tertiary/aromatic N) is 2. The minimum Gasteiger partial charge on any atom is -0.366 e. The molecule has 1 aliphatic rings. The zero-order chi connectivity index (χ0) is 17.4. The summed E-state index contributed by atoms with van der Waals surface area (Å²) >= 11 is 0. The summed E-state index contributed by atoms with van der Waals surface area (Å²) in [4.78, 5) is 10.0. The molecule has 1 aliphatic heterocycles. The minimum atomic E-state index is 0.442. The van der Waals surface area contributed by atoms with E-state index in [1.807, 2.05) is 0 Å². The fourth-order valence-corrected chi connectivity index (χ4v) is 3.24. The Balaban J connectivity index is 1.91. The van der Waals surface area contributed by atoms with Crippen molar-refractivity contribution >= 4 is 5.82 Å². The Morgan fingerprint density at radius 2 is 1.32 bits per heavy atom. The molecule has 0 radical (unpaired) electrons. The van der Waals surface area contributed by atoms with Gasteiger partial charge in [-0.05, 0) is 33.6 Å². The number of aryl methyl sites for hydroxylation is 3. The fraction of sp³-hybridized carbons (Fsp3) is 0.273. The average molecular weight is 329 g/mol. The third-order valence-electron chi connectivity index (χ3n) is 4.82. The predicted octanol–water partition coefficient (Wildman–Crippen LogP) is 5.17. The van der Waals surface area contributed by atoms with E-state index in [0.717, 1.165) is 46.9 Å². The standard InChI is InChI=1S/C22H23N3/c1-14-4-9-17(10-5-14)20-21(18-11-6-15(2)7-12-18)25-22-19(24-20)13-8-16(3)23-22/h4-7,9-12,16H,8,13H2,1-3H3,(H,23,25). The highest BCUT2D eigenvalue weighted by molar-refractivity contribution is 5.79. The average Bonchev–Trinajstić information content (AvgIpc) is 2.62. The number of benzene rings is 2. The molecule has 0 fully saturated rings. The Bertz CT molecular complexity index is 896. The zero-order valence-corrected chi connectivity index (χ0v) is 15.0. The maximum Gasteiger partial charge on any atom is 0.148 e. The maximum atomic E-state index is 5.02. The van der Waals surface area contributed by atoms with Gasteiger partial charge in [0.05, 0.1) is 17.1 Å². The summed E-state index contributed by atoms with van der Waals surface area (Å²) in [5.41, 5.74) is 7.72. The molecule has 4 rings (SSSR count). The maximum absolute atomic E-state index is 5.02. The molecule has 0 amide bonds. The first kappa shape index (κ1) is 15.8. The van der Waals surface area contributed by atoms with Crippen molar-refractivity contribution in [2.45, 2.75) is 39.7 Å². The van der Waals surface area contributed by atoms with Crippen molar-refractivity contribution in [2.75, 3.05) is 5.32 Å². The molecule has 1 atom stereocenters. The van der Waals surface area contributed by atoms with E-state index in [0.29, 0.717) is 6.04 Å². The van der Waals surface area contributed by atoms with Crippen molar-refractivity contribution in [3.05, 3.63) is 65.4 Å². The highest BCUT2D eigenvalue weighted by atomic mass is 15.1. The van der Waals surface area contributed by atoms with Gasteiger partial charge in [0.1, 0.15) is 5.82 Å². The predicted molar refractivity (Wildman–Crippen MR) is 104 cm³/mol. The van der Waals surface area contributed by atoms with Crippen molar-refractivity contribution in [1.29, 1.82) is 0 Å². The van der Waals surface area contributed by atoms with E-state index < -0.39 is 0 Å². The van der Waals surface area contributed by atoms with Crippen LogP contribution in [0.5, 0.6) is 0 Å². The molecule has 0 aliphatic carbocycles. The highest BCUT2D eigenvalue weighted by Gasteiger charge is 2.21. The van der Waals surface area contributed by atoms with Crippen molar-refractivity contribution in [1.82, 2.24) is 9.97 Å². The molecule has 1 aromatic heterocycles. The number of anilines is 1. The Morgan fingerprint density at radius 1 is 0.800 bits per heavy atom. The SMILES string of the molecule is Cc1ccc(-c2nc3c(nc2-c2ccc(C)cc2)NC(C)CC3)cc1. The lowest BCUT2D eigenvalue weighted by Gasteiger charge is -2.24. The number of rotatable bonds is 2. The van der Waals surface area contributed by atoms with Crippen molar-refractivity contribution < 1.29 is 0 Å². The molecule has 2 heterocycles. The summed E-state index contributed by atoms with van der Waals surface area (Å²) in [5.74, 6) is 0.935. The molecule has 1 N–H and O–H groups in total. The lowest BCUT2D eigenvalue weighted by atomic mass is 10.00. The lowest BCUT2D eigenvalue weighted by Crippen LogP contribution is -2.24. The van der Waals surface area contributed by atoms with Crippen LogP contribution in [0.15, 0.2) is 48.5 Å². The first-order valence-electron chi connectivity index (χ1n) is 8.91. The van der Waals surface area contributed by atoms with Gasteiger partial charge in [0.15, 0.2) is 0 Å². The topological polar surface area (TPSA) is 37.8 Å². The monoisotopic (exact) mass is 329 g/mol. The Labute approximate surface area is 149 Å². The summed E-state index contributed by atoms with van der Waals surface area (Å²) in [6, 6.07) is 17.5. The second-order valence-corrected chi connectivity index (χ2v) is 7.03. The van der Waals surface area contributed by atoms with Crippen molar-refractivity contribution in [2.24, 2.45) is 0 Å². The minimum absolute atomic E-state index is 0.442. The molecule has 2 aromatic carbocycles. The normalized spacial score (nSPS) is 16.2. The van der Waals surface area contributed by atoms with Crippen molar-refractivity contribution in [3.8, 4) is 22.5 Å². The van der Waals surface area contributed by atoms with Gasteiger partial charge in [0.2, 0.25) is 0 Å². The van der Waals surface area contributed by atoms with Gasteiger partial charge in [-0.15, -0.1) is 0 Å². The Kier molecular flexibility index (Phi) is 4.00. The van der Waals surface area contributed by atoms with Gasteiger partial charge in [-0.25, -0.2) is 9.97 Å². The van der Waals surface area contributed by atoms with Crippen LogP contribution in [0, 0.1) is 13.8 Å². The quantitative estimate of drug-likeness (QED) is 0.704. The molecular weight excluding hydrogens is 306 g/mol. The molecular formula is C22H23N3. The molecule has 126 valence electrons. The smallest absolute Gasteiger partial charge is 0.148 e. The van der Waals surface area contributed by atoms with Crippen LogP contribution in [0.2, 0.25) is 0 Å². The second kappa shape index (κ2) is 6.32. The summed E-state index contributed by atoms with van der Waals surface area (Å²) in [6.45, 7) is 6.41. The van der Waals surface area contributed by atoms with Crippen LogP contribution >= 0.6 is 0 Å². The van der Waals surface area contributed by atoms with Gasteiger partial charge < -0.3 is 5.32 Å². The van der Waals surface area contributed by atoms with E-state index in [-0.39, 0.29) is 0 Å². The van der Waals surface area contributed by atoms with Gasteiger partial charge >= 0.3 is 0 Å². The van der Waals surface area contributed by atoms with Gasteiger partial charge in [-0.3, -0.25) is 0 Å². The molecule has 3 aromatic rings. The first-order chi connectivity index (χ1) is 12.1. The second-order valence-electron chi connectivity index (χ2n) is 7.03. The Morgan fingerprint density at radius 3 is 1.88 bits per heavy atom. The van der Waals surface area contributed by atoms with Crippen LogP contribution in [0.3, 0.4) is 0 Å². The van der Waals surface area contributed by atoms with Crippen LogP contribution in [0.4, 0.5) is 5.82 Å². The van der Waals surface area contributed by atoms with Gasteiger partial charge in [-0.2, -0.15) is 0 Å². The van der Waals surface area contributed by atoms with Crippen LogP contribution in [0.1, 0.15) is 30.2 Å². The van der Waals surface area contributed by atoms with E-state index in [4.69, 9.17) is 9.97 Å². The molecule has 3 nitrogen and oxygen atoms in total. The lowest BCUT2D eigenvalue weighted by molar-refractivity contribution is 0.661. The number of nitrogens with one attached hydrogen (secondary N) is 1. The largest absolute Gasteiger partial charge is 0.366 e. The summed E-state index contributed by atoms with van der Waals surface area (Å²) in [6.07, 6.45) is 2.07. The first-order valence-corrected chi connectivity index (χ1v) is 8.91. The van der Waals surface area contributed by atoms with E-state index in [1.54, 1.807) is 0 Å². The van der Waals surface area contributed by atoms with Crippen LogP contribution < -0.4 is 5.32 Å². The third kappa shape index (κ3) is 3.14. The Hall–Kier alpha value is -2.68.